The van der Waals surface area contributed by atoms with Crippen molar-refractivity contribution in [2.24, 2.45) is 11.8 Å². The maximum Gasteiger partial charge on any atom is 0.308 e. The summed E-state index contributed by atoms with van der Waals surface area (Å²) in [6, 6.07) is 2.06. The van der Waals surface area contributed by atoms with Crippen molar-refractivity contribution in [3.63, 3.8) is 0 Å². The lowest BCUT2D eigenvalue weighted by molar-refractivity contribution is -0.149. The number of anilines is 1. The topological polar surface area (TPSA) is 174 Å². The molecular weight excluding hydrogens is 510 g/mol. The second kappa shape index (κ2) is 9.62. The summed E-state index contributed by atoms with van der Waals surface area (Å²) in [5.74, 6) is -8.18. The zero-order valence-corrected chi connectivity index (χ0v) is 22.5. The molecule has 4 N–H and O–H groups in total. The van der Waals surface area contributed by atoms with Gasteiger partial charge in [-0.15, -0.1) is 0 Å². The van der Waals surface area contributed by atoms with Crippen LogP contribution >= 0.6 is 0 Å². The predicted molar refractivity (Wildman–Crippen MR) is 137 cm³/mol. The second-order valence-electron chi connectivity index (χ2n) is 10.5. The van der Waals surface area contributed by atoms with Gasteiger partial charge < -0.3 is 25.0 Å². The molecule has 0 aliphatic heterocycles. The number of ketones is 2. The van der Waals surface area contributed by atoms with Gasteiger partial charge in [0, 0.05) is 45.1 Å². The number of carbonyl (C=O) groups excluding carboxylic acids is 5. The minimum Gasteiger partial charge on any atom is -0.510 e. The summed E-state index contributed by atoms with van der Waals surface area (Å²) in [5.41, 5.74) is -2.58. The first-order chi connectivity index (χ1) is 18.1. The van der Waals surface area contributed by atoms with Gasteiger partial charge in [-0.2, -0.15) is 0 Å². The summed E-state index contributed by atoms with van der Waals surface area (Å²) in [4.78, 5) is 66.9. The van der Waals surface area contributed by atoms with Crippen LogP contribution in [-0.2, 0) is 25.6 Å². The van der Waals surface area contributed by atoms with Gasteiger partial charge in [-0.25, -0.2) is 0 Å². The SMILES string of the molecule is CC(=O)NC(=O)C1=C(O)[C@@H](N(C)C)[C@@H]2C[C@@H]3Cc4c(N(C)C)ccc(OC(C)=O)c4C(=O)C3=C(O)[C@]2(O)C1=O. The largest absolute Gasteiger partial charge is 0.510 e. The van der Waals surface area contributed by atoms with Gasteiger partial charge in [-0.05, 0) is 50.6 Å². The number of fused-ring (bicyclic) bond motifs is 3. The number of aliphatic hydroxyl groups is 3. The third-order valence-electron chi connectivity index (χ3n) is 7.57. The number of hydrogen-bond acceptors (Lipinski definition) is 11. The van der Waals surface area contributed by atoms with E-state index in [-0.39, 0.29) is 29.7 Å². The molecule has 1 aromatic carbocycles. The number of aliphatic hydroxyl groups excluding tert-OH is 2. The maximum absolute atomic E-state index is 14.0. The van der Waals surface area contributed by atoms with Gasteiger partial charge in [0.25, 0.3) is 5.91 Å². The number of amides is 2. The van der Waals surface area contributed by atoms with Crippen LogP contribution in [0.3, 0.4) is 0 Å². The lowest BCUT2D eigenvalue weighted by atomic mass is 9.58. The minimum absolute atomic E-state index is 0.00795. The molecule has 2 amide bonds. The van der Waals surface area contributed by atoms with Gasteiger partial charge in [-0.3, -0.25) is 34.2 Å². The zero-order valence-electron chi connectivity index (χ0n) is 22.5. The summed E-state index contributed by atoms with van der Waals surface area (Å²) in [5, 5.41) is 36.3. The Kier molecular flexibility index (Phi) is 6.90. The highest BCUT2D eigenvalue weighted by Gasteiger charge is 2.63. The number of likely N-dealkylation sites (N-methyl/N-ethyl adjacent to an activating group) is 1. The quantitative estimate of drug-likeness (QED) is 0.239. The highest BCUT2D eigenvalue weighted by atomic mass is 16.5. The van der Waals surface area contributed by atoms with E-state index in [1.54, 1.807) is 39.2 Å². The highest BCUT2D eigenvalue weighted by Crippen LogP contribution is 2.53. The van der Waals surface area contributed by atoms with Crippen LogP contribution in [0.15, 0.2) is 34.8 Å². The molecule has 0 bridgehead atoms. The van der Waals surface area contributed by atoms with Gasteiger partial charge >= 0.3 is 5.97 Å². The van der Waals surface area contributed by atoms with E-state index < -0.39 is 69.9 Å². The van der Waals surface area contributed by atoms with Crippen molar-refractivity contribution in [1.82, 2.24) is 10.2 Å². The Morgan fingerprint density at radius 2 is 1.72 bits per heavy atom. The molecule has 39 heavy (non-hydrogen) atoms. The molecular formula is C27H31N3O9. The number of benzene rings is 1. The summed E-state index contributed by atoms with van der Waals surface area (Å²) >= 11 is 0. The van der Waals surface area contributed by atoms with Crippen LogP contribution in [0.25, 0.3) is 0 Å². The van der Waals surface area contributed by atoms with Crippen LogP contribution in [0.1, 0.15) is 36.2 Å². The summed E-state index contributed by atoms with van der Waals surface area (Å²) in [7, 11) is 6.69. The fourth-order valence-electron chi connectivity index (χ4n) is 6.08. The van der Waals surface area contributed by atoms with E-state index in [9.17, 15) is 39.3 Å². The molecule has 0 unspecified atom stereocenters. The molecule has 12 heteroatoms. The molecule has 3 aliphatic carbocycles. The van der Waals surface area contributed by atoms with Crippen LogP contribution < -0.4 is 15.0 Å². The van der Waals surface area contributed by atoms with Crippen molar-refractivity contribution >= 4 is 35.0 Å². The Morgan fingerprint density at radius 3 is 2.26 bits per heavy atom. The van der Waals surface area contributed by atoms with Gasteiger partial charge in [0.15, 0.2) is 11.4 Å². The Bertz CT molecular complexity index is 1390. The molecule has 4 atom stereocenters. The Morgan fingerprint density at radius 1 is 1.08 bits per heavy atom. The van der Waals surface area contributed by atoms with Gasteiger partial charge in [0.05, 0.1) is 11.6 Å². The average molecular weight is 542 g/mol. The average Bonchev–Trinajstić information content (AvgIpc) is 2.80. The van der Waals surface area contributed by atoms with Crippen molar-refractivity contribution in [3.8, 4) is 5.75 Å². The lowest BCUT2D eigenvalue weighted by Crippen LogP contribution is -2.64. The normalized spacial score (nSPS) is 26.1. The first-order valence-corrected chi connectivity index (χ1v) is 12.3. The molecule has 208 valence electrons. The highest BCUT2D eigenvalue weighted by molar-refractivity contribution is 6.27. The van der Waals surface area contributed by atoms with Gasteiger partial charge in [-0.1, -0.05) is 0 Å². The van der Waals surface area contributed by atoms with Crippen molar-refractivity contribution in [2.75, 3.05) is 33.1 Å². The zero-order chi connectivity index (χ0) is 29.1. The van der Waals surface area contributed by atoms with Crippen molar-refractivity contribution in [1.29, 1.82) is 0 Å². The maximum atomic E-state index is 14.0. The third kappa shape index (κ3) is 4.20. The molecule has 0 saturated carbocycles. The lowest BCUT2D eigenvalue weighted by Gasteiger charge is -2.50. The molecule has 1 aromatic rings. The minimum atomic E-state index is -2.75. The molecule has 0 aromatic heterocycles. The first kappa shape index (κ1) is 28.0. The van der Waals surface area contributed by atoms with E-state index in [2.05, 4.69) is 0 Å². The van der Waals surface area contributed by atoms with Crippen LogP contribution in [0, 0.1) is 11.8 Å². The fraction of sp³-hybridized carbons (Fsp3) is 0.444. The number of Topliss-reactive ketones (excluding diaryl/α,β-unsaturated/α-hetero) is 2. The fourth-order valence-corrected chi connectivity index (χ4v) is 6.08. The monoisotopic (exact) mass is 541 g/mol. The molecule has 0 spiro atoms. The van der Waals surface area contributed by atoms with E-state index in [1.807, 2.05) is 5.32 Å². The summed E-state index contributed by atoms with van der Waals surface area (Å²) in [6.45, 7) is 2.22. The number of allylic oxidation sites excluding steroid dienone is 1. The number of nitrogens with zero attached hydrogens (tertiary/aromatic N) is 2. The molecule has 0 fully saturated rings. The predicted octanol–water partition coefficient (Wildman–Crippen LogP) is 0.584. The van der Waals surface area contributed by atoms with E-state index in [1.165, 1.54) is 17.9 Å². The van der Waals surface area contributed by atoms with E-state index >= 15 is 0 Å². The van der Waals surface area contributed by atoms with E-state index in [0.717, 1.165) is 6.92 Å². The third-order valence-corrected chi connectivity index (χ3v) is 7.57. The van der Waals surface area contributed by atoms with Gasteiger partial charge in [0.1, 0.15) is 22.8 Å². The number of carbonyl (C=O) groups is 5. The van der Waals surface area contributed by atoms with Gasteiger partial charge in [0.2, 0.25) is 11.7 Å². The van der Waals surface area contributed by atoms with Crippen LogP contribution in [0.4, 0.5) is 5.69 Å². The molecule has 12 nitrogen and oxygen atoms in total. The van der Waals surface area contributed by atoms with Crippen LogP contribution in [0.2, 0.25) is 0 Å². The molecule has 4 rings (SSSR count). The van der Waals surface area contributed by atoms with E-state index in [0.29, 0.717) is 11.3 Å². The van der Waals surface area contributed by atoms with Crippen molar-refractivity contribution < 1.29 is 44.0 Å². The molecule has 0 saturated heterocycles. The van der Waals surface area contributed by atoms with Crippen LogP contribution in [-0.4, -0.2) is 89.4 Å². The molecule has 0 radical (unpaired) electrons. The smallest absolute Gasteiger partial charge is 0.308 e. The first-order valence-electron chi connectivity index (χ1n) is 12.3. The number of rotatable bonds is 4. The summed E-state index contributed by atoms with van der Waals surface area (Å²) in [6.07, 6.45) is 0.193. The molecule has 3 aliphatic rings. The number of esters is 1. The van der Waals surface area contributed by atoms with E-state index in [4.69, 9.17) is 4.74 Å². The Labute approximate surface area is 224 Å². The van der Waals surface area contributed by atoms with Crippen molar-refractivity contribution in [2.45, 2.75) is 38.3 Å². The number of nitrogens with one attached hydrogen (secondary N) is 1. The van der Waals surface area contributed by atoms with Crippen molar-refractivity contribution in [3.05, 3.63) is 45.9 Å². The second-order valence-corrected chi connectivity index (χ2v) is 10.5. The Balaban J connectivity index is 1.96. The number of imide groups is 1. The number of hydrogen-bond donors (Lipinski definition) is 4. The summed E-state index contributed by atoms with van der Waals surface area (Å²) < 4.78 is 5.29. The van der Waals surface area contributed by atoms with Crippen LogP contribution in [0.5, 0.6) is 5.75 Å². The Hall–Kier alpha value is -4.03. The molecule has 0 heterocycles. The number of ether oxygens (including phenoxy) is 1. The standard InChI is InChI=1S/C27H31N3O9/c1-11(31)28-26(37)20-23(34)21(30(5)6)15-10-13-9-14-16(29(3)4)7-8-17(39-12(2)32)19(14)22(33)18(13)24(35)27(15,38)25(20)36/h7-8,13,15,21,34-35,38H,9-10H2,1-6H3,(H,28,31,37)/t13-,15-,21-,27-/m0/s1.